The van der Waals surface area contributed by atoms with Crippen molar-refractivity contribution < 1.29 is 9.90 Å². The second-order valence-electron chi connectivity index (χ2n) is 2.94. The van der Waals surface area contributed by atoms with Crippen molar-refractivity contribution in [1.82, 2.24) is 0 Å². The summed E-state index contributed by atoms with van der Waals surface area (Å²) in [6, 6.07) is 0. The fourth-order valence-corrected chi connectivity index (χ4v) is 0.974. The Morgan fingerprint density at radius 2 is 2.00 bits per heavy atom. The van der Waals surface area contributed by atoms with Crippen LogP contribution in [0.25, 0.3) is 0 Å². The molecule has 0 atom stereocenters. The molecule has 0 aromatic carbocycles. The molecule has 0 unspecified atom stereocenters. The first-order valence-electron chi connectivity index (χ1n) is 4.81. The van der Waals surface area contributed by atoms with E-state index in [0.29, 0.717) is 0 Å². The van der Waals surface area contributed by atoms with Crippen molar-refractivity contribution in [2.75, 3.05) is 0 Å². The van der Waals surface area contributed by atoms with Gasteiger partial charge in [0.25, 0.3) is 0 Å². The third-order valence-electron chi connectivity index (χ3n) is 1.67. The fraction of sp³-hybridized carbons (Fsp3) is 0.545. The lowest BCUT2D eigenvalue weighted by Gasteiger charge is -1.90. The number of rotatable bonds is 7. The zero-order chi connectivity index (χ0) is 9.94. The van der Waals surface area contributed by atoms with Crippen LogP contribution in [0.3, 0.4) is 0 Å². The molecule has 0 rings (SSSR count). The summed E-state index contributed by atoms with van der Waals surface area (Å²) in [6.07, 6.45) is 12.5. The van der Waals surface area contributed by atoms with E-state index in [1.165, 1.54) is 25.3 Å². The van der Waals surface area contributed by atoms with Crippen LogP contribution in [0.4, 0.5) is 0 Å². The van der Waals surface area contributed by atoms with Crippen LogP contribution in [-0.2, 0) is 4.79 Å². The Balaban J connectivity index is 3.26. The van der Waals surface area contributed by atoms with Gasteiger partial charge in [0.05, 0.1) is 0 Å². The summed E-state index contributed by atoms with van der Waals surface area (Å²) in [5.74, 6) is -0.876. The molecule has 0 saturated carbocycles. The van der Waals surface area contributed by atoms with E-state index in [1.54, 1.807) is 6.08 Å². The Bertz CT molecular complexity index is 181. The van der Waals surface area contributed by atoms with Crippen LogP contribution in [0.15, 0.2) is 24.3 Å². The molecule has 0 aliphatic heterocycles. The zero-order valence-electron chi connectivity index (χ0n) is 8.20. The molecule has 0 heterocycles. The summed E-state index contributed by atoms with van der Waals surface area (Å²) in [5.41, 5.74) is 0. The van der Waals surface area contributed by atoms with Crippen molar-refractivity contribution >= 4 is 5.97 Å². The minimum absolute atomic E-state index is 0.721. The molecule has 13 heavy (non-hydrogen) atoms. The van der Waals surface area contributed by atoms with Crippen LogP contribution in [-0.4, -0.2) is 11.1 Å². The number of aliphatic carboxylic acids is 1. The van der Waals surface area contributed by atoms with E-state index in [-0.39, 0.29) is 0 Å². The molecule has 0 fully saturated rings. The van der Waals surface area contributed by atoms with Crippen LogP contribution < -0.4 is 0 Å². The van der Waals surface area contributed by atoms with Crippen LogP contribution >= 0.6 is 0 Å². The summed E-state index contributed by atoms with van der Waals surface area (Å²) in [4.78, 5) is 10.1. The van der Waals surface area contributed by atoms with Gasteiger partial charge in [0.1, 0.15) is 0 Å². The third kappa shape index (κ3) is 10.9. The van der Waals surface area contributed by atoms with E-state index in [0.717, 1.165) is 12.8 Å². The first-order chi connectivity index (χ1) is 6.27. The molecule has 0 saturated heterocycles. The first kappa shape index (κ1) is 11.9. The van der Waals surface area contributed by atoms with Gasteiger partial charge in [-0.2, -0.15) is 0 Å². The van der Waals surface area contributed by atoms with Crippen LogP contribution in [0.5, 0.6) is 0 Å². The van der Waals surface area contributed by atoms with Crippen molar-refractivity contribution in [2.45, 2.75) is 39.0 Å². The topological polar surface area (TPSA) is 37.3 Å². The maximum Gasteiger partial charge on any atom is 0.327 e. The van der Waals surface area contributed by atoms with E-state index in [1.807, 2.05) is 6.08 Å². The Morgan fingerprint density at radius 1 is 1.23 bits per heavy atom. The Hall–Kier alpha value is -1.05. The number of unbranched alkanes of at least 4 members (excludes halogenated alkanes) is 3. The fourth-order valence-electron chi connectivity index (χ4n) is 0.974. The number of hydrogen-bond donors (Lipinski definition) is 1. The van der Waals surface area contributed by atoms with Gasteiger partial charge in [-0.25, -0.2) is 4.79 Å². The lowest BCUT2D eigenvalue weighted by atomic mass is 10.2. The average molecular weight is 182 g/mol. The van der Waals surface area contributed by atoms with E-state index in [4.69, 9.17) is 5.11 Å². The zero-order valence-corrected chi connectivity index (χ0v) is 8.20. The molecule has 0 aromatic rings. The summed E-state index contributed by atoms with van der Waals surface area (Å²) in [6.45, 7) is 2.18. The SMILES string of the molecule is CCCCCC=CCC=CC(=O)O. The number of carbonyl (C=O) groups is 1. The van der Waals surface area contributed by atoms with Gasteiger partial charge in [0, 0.05) is 6.08 Å². The van der Waals surface area contributed by atoms with Crippen molar-refractivity contribution in [3.8, 4) is 0 Å². The third-order valence-corrected chi connectivity index (χ3v) is 1.67. The van der Waals surface area contributed by atoms with Crippen molar-refractivity contribution in [3.05, 3.63) is 24.3 Å². The molecular weight excluding hydrogens is 164 g/mol. The summed E-state index contributed by atoms with van der Waals surface area (Å²) in [7, 11) is 0. The molecule has 0 radical (unpaired) electrons. The molecule has 0 aliphatic carbocycles. The predicted molar refractivity (Wildman–Crippen MR) is 54.7 cm³/mol. The minimum Gasteiger partial charge on any atom is -0.478 e. The quantitative estimate of drug-likeness (QED) is 0.373. The van der Waals surface area contributed by atoms with Gasteiger partial charge < -0.3 is 5.11 Å². The Morgan fingerprint density at radius 3 is 2.62 bits per heavy atom. The van der Waals surface area contributed by atoms with E-state index in [9.17, 15) is 4.79 Å². The van der Waals surface area contributed by atoms with Crippen LogP contribution in [0.2, 0.25) is 0 Å². The van der Waals surface area contributed by atoms with Crippen LogP contribution in [0.1, 0.15) is 39.0 Å². The van der Waals surface area contributed by atoms with Gasteiger partial charge >= 0.3 is 5.97 Å². The maximum atomic E-state index is 10.1. The van der Waals surface area contributed by atoms with Gasteiger partial charge in [-0.3, -0.25) is 0 Å². The Labute approximate surface area is 80.0 Å². The molecule has 0 aliphatic rings. The Kier molecular flexibility index (Phi) is 8.31. The molecule has 0 spiro atoms. The van der Waals surface area contributed by atoms with Crippen molar-refractivity contribution in [1.29, 1.82) is 0 Å². The van der Waals surface area contributed by atoms with Gasteiger partial charge in [0.2, 0.25) is 0 Å². The summed E-state index contributed by atoms with van der Waals surface area (Å²) < 4.78 is 0. The largest absolute Gasteiger partial charge is 0.478 e. The molecule has 2 heteroatoms. The predicted octanol–water partition coefficient (Wildman–Crippen LogP) is 3.15. The number of allylic oxidation sites excluding steroid dienone is 3. The monoisotopic (exact) mass is 182 g/mol. The summed E-state index contributed by atoms with van der Waals surface area (Å²) >= 11 is 0. The van der Waals surface area contributed by atoms with E-state index >= 15 is 0 Å². The number of carboxylic acid groups (broad SMARTS) is 1. The number of carboxylic acids is 1. The molecule has 0 bridgehead atoms. The summed E-state index contributed by atoms with van der Waals surface area (Å²) in [5, 5.41) is 8.28. The molecule has 2 nitrogen and oxygen atoms in total. The molecule has 1 N–H and O–H groups in total. The lowest BCUT2D eigenvalue weighted by molar-refractivity contribution is -0.131. The molecule has 0 aromatic heterocycles. The van der Waals surface area contributed by atoms with Crippen molar-refractivity contribution in [3.63, 3.8) is 0 Å². The second-order valence-corrected chi connectivity index (χ2v) is 2.94. The molecule has 74 valence electrons. The van der Waals surface area contributed by atoms with Gasteiger partial charge in [-0.05, 0) is 19.3 Å². The lowest BCUT2D eigenvalue weighted by Crippen LogP contribution is -1.84. The number of hydrogen-bond acceptors (Lipinski definition) is 1. The smallest absolute Gasteiger partial charge is 0.327 e. The van der Waals surface area contributed by atoms with Crippen molar-refractivity contribution in [2.24, 2.45) is 0 Å². The highest BCUT2D eigenvalue weighted by atomic mass is 16.4. The van der Waals surface area contributed by atoms with Crippen LogP contribution in [0, 0.1) is 0 Å². The highest BCUT2D eigenvalue weighted by Gasteiger charge is 1.83. The first-order valence-corrected chi connectivity index (χ1v) is 4.81. The standard InChI is InChI=1S/C11H18O2/c1-2-3-4-5-6-7-8-9-10-11(12)13/h6-7,9-10H,2-5,8H2,1H3,(H,12,13). The highest BCUT2D eigenvalue weighted by Crippen LogP contribution is 2.00. The van der Waals surface area contributed by atoms with E-state index in [2.05, 4.69) is 13.0 Å². The maximum absolute atomic E-state index is 10.1. The van der Waals surface area contributed by atoms with Gasteiger partial charge in [0.15, 0.2) is 0 Å². The molecular formula is C11H18O2. The minimum atomic E-state index is -0.876. The van der Waals surface area contributed by atoms with Gasteiger partial charge in [-0.1, -0.05) is 38.0 Å². The second kappa shape index (κ2) is 9.04. The van der Waals surface area contributed by atoms with E-state index < -0.39 is 5.97 Å². The highest BCUT2D eigenvalue weighted by molar-refractivity contribution is 5.79. The van der Waals surface area contributed by atoms with Gasteiger partial charge in [-0.15, -0.1) is 0 Å². The average Bonchev–Trinajstić information content (AvgIpc) is 2.09. The normalized spacial score (nSPS) is 11.5. The molecule has 0 amide bonds.